The number of hydrogen-bond acceptors (Lipinski definition) is 13. The van der Waals surface area contributed by atoms with E-state index < -0.39 is 73.6 Å². The lowest BCUT2D eigenvalue weighted by Gasteiger charge is -2.47. The summed E-state index contributed by atoms with van der Waals surface area (Å²) in [6, 6.07) is 66.1. The molecule has 1 aliphatic heterocycles. The average molecular weight is 1060 g/mol. The van der Waals surface area contributed by atoms with Crippen molar-refractivity contribution in [3.63, 3.8) is 0 Å². The fourth-order valence-electron chi connectivity index (χ4n) is 9.51. The van der Waals surface area contributed by atoms with Crippen molar-refractivity contribution in [1.82, 2.24) is 0 Å². The van der Waals surface area contributed by atoms with Gasteiger partial charge in [-0.15, -0.1) is 0 Å². The molecule has 0 spiro atoms. The molecule has 13 heteroatoms. The minimum absolute atomic E-state index is 0.0190. The van der Waals surface area contributed by atoms with E-state index in [2.05, 4.69) is 0 Å². The highest BCUT2D eigenvalue weighted by Gasteiger charge is 2.51. The molecule has 1 fully saturated rings. The molecule has 0 unspecified atom stereocenters. The molecule has 410 valence electrons. The number of ether oxygens (including phenoxy) is 10. The van der Waals surface area contributed by atoms with Crippen LogP contribution in [0.3, 0.4) is 0 Å². The van der Waals surface area contributed by atoms with Crippen LogP contribution in [-0.2, 0) is 93.7 Å². The summed E-state index contributed by atoms with van der Waals surface area (Å²) < 4.78 is 67.6. The summed E-state index contributed by atoms with van der Waals surface area (Å²) in [5.74, 6) is 0.0257. The number of rotatable bonds is 31. The quantitative estimate of drug-likeness (QED) is 0.0398. The second-order valence-electron chi connectivity index (χ2n) is 19.3. The molecule has 7 aromatic rings. The first-order valence-corrected chi connectivity index (χ1v) is 26.6. The van der Waals surface area contributed by atoms with Crippen LogP contribution in [0, 0.1) is 0 Å². The largest absolute Gasteiger partial charge is 0.497 e. The van der Waals surface area contributed by atoms with E-state index in [1.165, 1.54) is 6.92 Å². The highest BCUT2D eigenvalue weighted by molar-refractivity contribution is 5.66. The van der Waals surface area contributed by atoms with Crippen molar-refractivity contribution < 1.29 is 62.4 Å². The summed E-state index contributed by atoms with van der Waals surface area (Å²) in [7, 11) is 1.60. The molecule has 2 N–H and O–H groups in total. The van der Waals surface area contributed by atoms with E-state index in [4.69, 9.17) is 47.4 Å². The molecule has 0 saturated carbocycles. The minimum atomic E-state index is -1.49. The van der Waals surface area contributed by atoms with Gasteiger partial charge in [0.15, 0.2) is 6.10 Å². The lowest BCUT2D eigenvalue weighted by molar-refractivity contribution is -0.281. The maximum Gasteiger partial charge on any atom is 0.303 e. The van der Waals surface area contributed by atoms with E-state index in [0.29, 0.717) is 12.4 Å². The van der Waals surface area contributed by atoms with Gasteiger partial charge in [0.25, 0.3) is 0 Å². The molecule has 8 rings (SSSR count). The lowest BCUT2D eigenvalue weighted by atomic mass is 9.88. The van der Waals surface area contributed by atoms with Gasteiger partial charge < -0.3 is 57.6 Å². The maximum absolute atomic E-state index is 13.7. The fourth-order valence-corrected chi connectivity index (χ4v) is 9.51. The zero-order valence-corrected chi connectivity index (χ0v) is 44.4. The Bertz CT molecular complexity index is 2720. The van der Waals surface area contributed by atoms with Gasteiger partial charge in [0, 0.05) is 13.3 Å². The van der Waals surface area contributed by atoms with E-state index in [1.807, 2.05) is 206 Å². The molecule has 1 aliphatic rings. The van der Waals surface area contributed by atoms with Crippen LogP contribution in [0.25, 0.3) is 0 Å². The van der Waals surface area contributed by atoms with Gasteiger partial charge in [-0.1, -0.05) is 194 Å². The molecule has 0 radical (unpaired) electrons. The monoisotopic (exact) mass is 1060 g/mol. The predicted molar refractivity (Wildman–Crippen MR) is 295 cm³/mol. The molecule has 0 amide bonds. The number of hydrogen-bond donors (Lipinski definition) is 2. The number of esters is 1. The van der Waals surface area contributed by atoms with Gasteiger partial charge in [-0.05, 0) is 51.1 Å². The van der Waals surface area contributed by atoms with Crippen LogP contribution in [-0.4, -0.2) is 97.5 Å². The normalized spacial score (nSPS) is 19.3. The van der Waals surface area contributed by atoms with Gasteiger partial charge in [0.1, 0.15) is 54.6 Å². The molecule has 0 aromatic heterocycles. The van der Waals surface area contributed by atoms with Gasteiger partial charge in [-0.25, -0.2) is 0 Å². The van der Waals surface area contributed by atoms with Gasteiger partial charge >= 0.3 is 5.97 Å². The van der Waals surface area contributed by atoms with E-state index in [0.717, 1.165) is 38.9 Å². The second-order valence-corrected chi connectivity index (χ2v) is 19.3. The minimum Gasteiger partial charge on any atom is -0.497 e. The first-order chi connectivity index (χ1) is 38.3. The Morgan fingerprint density at radius 3 is 1.28 bits per heavy atom. The predicted octanol–water partition coefficient (Wildman–Crippen LogP) is 10.2. The van der Waals surface area contributed by atoms with Gasteiger partial charge in [0.2, 0.25) is 0 Å². The number of carbonyl (C=O) groups excluding carboxylic acids is 1. The zero-order chi connectivity index (χ0) is 54.2. The molecule has 10 atom stereocenters. The number of carbonyl (C=O) groups is 1. The molecular weight excluding hydrogens is 989 g/mol. The van der Waals surface area contributed by atoms with Crippen LogP contribution in [0.5, 0.6) is 5.75 Å². The summed E-state index contributed by atoms with van der Waals surface area (Å²) in [5.41, 5.74) is 6.22. The first-order valence-electron chi connectivity index (χ1n) is 26.6. The smallest absolute Gasteiger partial charge is 0.303 e. The van der Waals surface area contributed by atoms with Crippen LogP contribution in [0.4, 0.5) is 0 Å². The third-order valence-electron chi connectivity index (χ3n) is 13.5. The molecule has 1 saturated heterocycles. The van der Waals surface area contributed by atoms with Crippen molar-refractivity contribution in [2.24, 2.45) is 0 Å². The first kappa shape index (κ1) is 57.6. The Labute approximate surface area is 458 Å². The number of aliphatic hydroxyl groups is 2. The SMILES string of the molecule is COc1ccc(CO[C@H](C[C@H]2O[C@H](COCc3ccccc3)[C@@H](OCc3ccccc3)[C@H](OCc3ccccc3)[C@H]2OCc2ccccc2)[C@@H](OC(C)=O)[C@@H](OCc2ccccc2)[C@H](OCc2ccccc2)[C@@H](O)CO)cc1. The average Bonchev–Trinajstić information content (AvgIpc) is 3.53. The highest BCUT2D eigenvalue weighted by atomic mass is 16.6. The Morgan fingerprint density at radius 2 is 0.846 bits per heavy atom. The molecule has 7 aromatic carbocycles. The summed E-state index contributed by atoms with van der Waals surface area (Å²) in [4.78, 5) is 13.7. The van der Waals surface area contributed by atoms with Crippen molar-refractivity contribution in [2.75, 3.05) is 20.3 Å². The van der Waals surface area contributed by atoms with E-state index in [-0.39, 0.29) is 52.7 Å². The van der Waals surface area contributed by atoms with Crippen LogP contribution >= 0.6 is 0 Å². The summed E-state index contributed by atoms with van der Waals surface area (Å²) in [6.07, 6.45) is -10.3. The highest BCUT2D eigenvalue weighted by Crippen LogP contribution is 2.36. The van der Waals surface area contributed by atoms with E-state index in [9.17, 15) is 15.0 Å². The number of methoxy groups -OCH3 is 1. The lowest BCUT2D eigenvalue weighted by Crippen LogP contribution is -2.62. The molecular formula is C65H72O13. The molecule has 0 aliphatic carbocycles. The van der Waals surface area contributed by atoms with Crippen molar-refractivity contribution in [1.29, 1.82) is 0 Å². The third kappa shape index (κ3) is 17.7. The Kier molecular flexibility index (Phi) is 23.0. The van der Waals surface area contributed by atoms with Crippen LogP contribution in [0.2, 0.25) is 0 Å². The van der Waals surface area contributed by atoms with Crippen molar-refractivity contribution >= 4 is 5.97 Å². The number of aliphatic hydroxyl groups excluding tert-OH is 2. The van der Waals surface area contributed by atoms with Gasteiger partial charge in [0.05, 0.1) is 72.7 Å². The second kappa shape index (κ2) is 31.1. The standard InChI is InChI=1S/C65H72O13/c1-47(67)77-63(64(75-44-52-29-17-7-18-30-52)60(56(68)38-66)72-41-49-23-11-4-12-24-49)57(71-40-54-33-35-55(69-2)36-34-54)37-58-61(73-42-50-25-13-5-14-26-50)65(76-45-53-31-19-8-20-32-53)62(74-43-51-27-15-6-16-28-51)59(78-58)46-70-39-48-21-9-3-10-22-48/h3-36,56-66,68H,37-46H2,1-2H3/t56-,57+,58+,59+,60+,61-,62+,63+,64-,65+/m0/s1. The summed E-state index contributed by atoms with van der Waals surface area (Å²) in [6.45, 7) is 1.78. The van der Waals surface area contributed by atoms with Crippen molar-refractivity contribution in [2.45, 2.75) is 121 Å². The third-order valence-corrected chi connectivity index (χ3v) is 13.5. The molecule has 0 bridgehead atoms. The number of benzene rings is 7. The fraction of sp³-hybridized carbons (Fsp3) is 0.338. The van der Waals surface area contributed by atoms with E-state index >= 15 is 0 Å². The van der Waals surface area contributed by atoms with Gasteiger partial charge in [-0.3, -0.25) is 4.79 Å². The zero-order valence-electron chi connectivity index (χ0n) is 44.4. The topological polar surface area (TPSA) is 150 Å². The Balaban J connectivity index is 1.24. The van der Waals surface area contributed by atoms with Crippen LogP contribution < -0.4 is 4.74 Å². The Morgan fingerprint density at radius 1 is 0.462 bits per heavy atom. The van der Waals surface area contributed by atoms with Crippen LogP contribution in [0.15, 0.2) is 206 Å². The Hall–Kier alpha value is -6.59. The molecule has 78 heavy (non-hydrogen) atoms. The van der Waals surface area contributed by atoms with Crippen LogP contribution in [0.1, 0.15) is 52.3 Å². The van der Waals surface area contributed by atoms with Crippen molar-refractivity contribution in [3.8, 4) is 5.75 Å². The molecule has 13 nitrogen and oxygen atoms in total. The summed E-state index contributed by atoms with van der Waals surface area (Å²) in [5, 5.41) is 22.6. The van der Waals surface area contributed by atoms with Crippen molar-refractivity contribution in [3.05, 3.63) is 245 Å². The summed E-state index contributed by atoms with van der Waals surface area (Å²) >= 11 is 0. The van der Waals surface area contributed by atoms with E-state index in [1.54, 1.807) is 7.11 Å². The molecule has 1 heterocycles. The maximum atomic E-state index is 13.7. The van der Waals surface area contributed by atoms with Gasteiger partial charge in [-0.2, -0.15) is 0 Å².